The van der Waals surface area contributed by atoms with Crippen LogP contribution in [0.15, 0.2) is 41.4 Å². The van der Waals surface area contributed by atoms with Crippen molar-refractivity contribution in [1.82, 2.24) is 9.71 Å². The number of sulfonamides is 1. The van der Waals surface area contributed by atoms with Gasteiger partial charge < -0.3 is 5.73 Å². The Labute approximate surface area is 129 Å². The highest BCUT2D eigenvalue weighted by Gasteiger charge is 2.18. The average Bonchev–Trinajstić information content (AvgIpc) is 2.47. The molecule has 112 valence electrons. The van der Waals surface area contributed by atoms with Gasteiger partial charge in [0.2, 0.25) is 10.0 Å². The molecule has 7 heteroatoms. The summed E-state index contributed by atoms with van der Waals surface area (Å²) < 4.78 is 27.2. The molecule has 0 aliphatic rings. The Bertz CT molecular complexity index is 748. The lowest BCUT2D eigenvalue weighted by Crippen LogP contribution is -2.24. The molecule has 0 aliphatic heterocycles. The van der Waals surface area contributed by atoms with Crippen molar-refractivity contribution in [3.63, 3.8) is 0 Å². The summed E-state index contributed by atoms with van der Waals surface area (Å²) in [5, 5.41) is 0.164. The maximum Gasteiger partial charge on any atom is 0.242 e. The molecule has 21 heavy (non-hydrogen) atoms. The third-order valence-electron chi connectivity index (χ3n) is 3.07. The lowest BCUT2D eigenvalue weighted by molar-refractivity contribution is 0.580. The molecule has 5 nitrogen and oxygen atoms in total. The van der Waals surface area contributed by atoms with Gasteiger partial charge in [0.1, 0.15) is 4.90 Å². The maximum absolute atomic E-state index is 12.3. The largest absolute Gasteiger partial charge is 0.326 e. The second-order valence-electron chi connectivity index (χ2n) is 4.56. The highest BCUT2D eigenvalue weighted by molar-refractivity contribution is 7.89. The zero-order valence-corrected chi connectivity index (χ0v) is 13.1. The molecule has 0 amide bonds. The lowest BCUT2D eigenvalue weighted by Gasteiger charge is -2.10. The van der Waals surface area contributed by atoms with Crippen molar-refractivity contribution in [3.8, 4) is 0 Å². The van der Waals surface area contributed by atoms with Crippen LogP contribution in [-0.2, 0) is 23.1 Å². The molecule has 0 radical (unpaired) electrons. The number of aryl methyl sites for hydroxylation is 1. The Morgan fingerprint density at radius 3 is 2.76 bits per heavy atom. The topological polar surface area (TPSA) is 85.1 Å². The minimum absolute atomic E-state index is 0.0284. The molecule has 0 aliphatic carbocycles. The fourth-order valence-electron chi connectivity index (χ4n) is 1.83. The van der Waals surface area contributed by atoms with Gasteiger partial charge in [-0.2, -0.15) is 0 Å². The van der Waals surface area contributed by atoms with E-state index in [0.717, 1.165) is 5.56 Å². The van der Waals surface area contributed by atoms with E-state index >= 15 is 0 Å². The van der Waals surface area contributed by atoms with Crippen LogP contribution >= 0.6 is 11.6 Å². The van der Waals surface area contributed by atoms with Crippen LogP contribution < -0.4 is 10.5 Å². The Balaban J connectivity index is 2.25. The molecular weight excluding hydrogens is 310 g/mol. The SMILES string of the molecule is Cc1cccnc1CNS(=O)(=O)c1cc(CN)ccc1Cl. The van der Waals surface area contributed by atoms with Gasteiger partial charge in [0.05, 0.1) is 17.3 Å². The van der Waals surface area contributed by atoms with Crippen molar-refractivity contribution in [2.45, 2.75) is 24.9 Å². The molecular formula is C14H16ClN3O2S. The molecule has 2 aromatic rings. The van der Waals surface area contributed by atoms with Gasteiger partial charge in [0, 0.05) is 12.7 Å². The molecule has 2 rings (SSSR count). The number of pyridine rings is 1. The number of nitrogens with two attached hydrogens (primary N) is 1. The van der Waals surface area contributed by atoms with Crippen LogP contribution in [0.2, 0.25) is 5.02 Å². The minimum Gasteiger partial charge on any atom is -0.326 e. The fourth-order valence-corrected chi connectivity index (χ4v) is 3.36. The predicted molar refractivity (Wildman–Crippen MR) is 82.3 cm³/mol. The summed E-state index contributed by atoms with van der Waals surface area (Å²) >= 11 is 5.98. The van der Waals surface area contributed by atoms with Crippen LogP contribution in [0.4, 0.5) is 0 Å². The molecule has 0 saturated carbocycles. The van der Waals surface area contributed by atoms with Crippen molar-refractivity contribution in [1.29, 1.82) is 0 Å². The van der Waals surface area contributed by atoms with Crippen LogP contribution in [0.5, 0.6) is 0 Å². The van der Waals surface area contributed by atoms with Crippen LogP contribution in [0.1, 0.15) is 16.8 Å². The van der Waals surface area contributed by atoms with E-state index in [-0.39, 0.29) is 23.0 Å². The van der Waals surface area contributed by atoms with E-state index in [1.165, 1.54) is 12.1 Å². The minimum atomic E-state index is -3.72. The zero-order valence-electron chi connectivity index (χ0n) is 11.5. The first-order valence-corrected chi connectivity index (χ1v) is 8.19. The standard InChI is InChI=1S/C14H16ClN3O2S/c1-10-3-2-6-17-13(10)9-18-21(19,20)14-7-11(8-16)4-5-12(14)15/h2-7,18H,8-9,16H2,1H3. The monoisotopic (exact) mass is 325 g/mol. The fraction of sp³-hybridized carbons (Fsp3) is 0.214. The molecule has 3 N–H and O–H groups in total. The summed E-state index contributed by atoms with van der Waals surface area (Å²) in [6.45, 7) is 2.23. The van der Waals surface area contributed by atoms with Gasteiger partial charge in [-0.15, -0.1) is 0 Å². The number of hydrogen-bond donors (Lipinski definition) is 2. The van der Waals surface area contributed by atoms with E-state index in [2.05, 4.69) is 9.71 Å². The van der Waals surface area contributed by atoms with Crippen LogP contribution in [0.3, 0.4) is 0 Å². The molecule has 0 spiro atoms. The van der Waals surface area contributed by atoms with E-state index in [4.69, 9.17) is 17.3 Å². The predicted octanol–water partition coefficient (Wildman–Crippen LogP) is 1.98. The molecule has 0 unspecified atom stereocenters. The summed E-state index contributed by atoms with van der Waals surface area (Å²) in [4.78, 5) is 4.18. The Morgan fingerprint density at radius 2 is 2.10 bits per heavy atom. The average molecular weight is 326 g/mol. The zero-order chi connectivity index (χ0) is 15.5. The smallest absolute Gasteiger partial charge is 0.242 e. The number of benzene rings is 1. The summed E-state index contributed by atoms with van der Waals surface area (Å²) in [5.74, 6) is 0. The third-order valence-corrected chi connectivity index (χ3v) is 4.95. The summed E-state index contributed by atoms with van der Waals surface area (Å²) in [7, 11) is -3.72. The van der Waals surface area contributed by atoms with E-state index in [0.29, 0.717) is 11.3 Å². The first-order valence-electron chi connectivity index (χ1n) is 6.32. The Kier molecular flexibility index (Phi) is 4.95. The van der Waals surface area contributed by atoms with Gasteiger partial charge >= 0.3 is 0 Å². The van der Waals surface area contributed by atoms with Crippen molar-refractivity contribution < 1.29 is 8.42 Å². The van der Waals surface area contributed by atoms with Gasteiger partial charge in [-0.3, -0.25) is 4.98 Å². The van der Waals surface area contributed by atoms with E-state index < -0.39 is 10.0 Å². The van der Waals surface area contributed by atoms with Crippen molar-refractivity contribution in [2.75, 3.05) is 0 Å². The number of hydrogen-bond acceptors (Lipinski definition) is 4. The van der Waals surface area contributed by atoms with Crippen molar-refractivity contribution in [2.24, 2.45) is 5.73 Å². The first kappa shape index (κ1) is 15.9. The van der Waals surface area contributed by atoms with Gasteiger partial charge in [0.25, 0.3) is 0 Å². The van der Waals surface area contributed by atoms with Crippen LogP contribution in [0.25, 0.3) is 0 Å². The molecule has 0 fully saturated rings. The summed E-state index contributed by atoms with van der Waals surface area (Å²) in [6.07, 6.45) is 1.62. The molecule has 0 bridgehead atoms. The second kappa shape index (κ2) is 6.53. The maximum atomic E-state index is 12.3. The second-order valence-corrected chi connectivity index (χ2v) is 6.70. The molecule has 1 heterocycles. The van der Waals surface area contributed by atoms with Gasteiger partial charge in [0.15, 0.2) is 0 Å². The molecule has 0 saturated heterocycles. The van der Waals surface area contributed by atoms with Crippen LogP contribution in [0, 0.1) is 6.92 Å². The van der Waals surface area contributed by atoms with Gasteiger partial charge in [-0.25, -0.2) is 13.1 Å². The highest BCUT2D eigenvalue weighted by Crippen LogP contribution is 2.22. The van der Waals surface area contributed by atoms with Gasteiger partial charge in [-0.1, -0.05) is 23.7 Å². The third kappa shape index (κ3) is 3.79. The number of halogens is 1. The Hall–Kier alpha value is -1.47. The van der Waals surface area contributed by atoms with Crippen LogP contribution in [-0.4, -0.2) is 13.4 Å². The molecule has 1 aromatic carbocycles. The van der Waals surface area contributed by atoms with Gasteiger partial charge in [-0.05, 0) is 36.2 Å². The number of rotatable bonds is 5. The van der Waals surface area contributed by atoms with E-state index in [9.17, 15) is 8.42 Å². The van der Waals surface area contributed by atoms with Crippen molar-refractivity contribution in [3.05, 3.63) is 58.4 Å². The number of nitrogens with one attached hydrogen (secondary N) is 1. The van der Waals surface area contributed by atoms with E-state index in [1.807, 2.05) is 13.0 Å². The van der Waals surface area contributed by atoms with E-state index in [1.54, 1.807) is 18.3 Å². The normalized spacial score (nSPS) is 11.6. The summed E-state index contributed by atoms with van der Waals surface area (Å²) in [6, 6.07) is 8.39. The first-order chi connectivity index (χ1) is 9.94. The quantitative estimate of drug-likeness (QED) is 0.880. The summed E-state index contributed by atoms with van der Waals surface area (Å²) in [5.41, 5.74) is 7.82. The number of nitrogens with zero attached hydrogens (tertiary/aromatic N) is 1. The van der Waals surface area contributed by atoms with Crippen molar-refractivity contribution >= 4 is 21.6 Å². The highest BCUT2D eigenvalue weighted by atomic mass is 35.5. The lowest BCUT2D eigenvalue weighted by atomic mass is 10.2. The Morgan fingerprint density at radius 1 is 1.33 bits per heavy atom. The number of aromatic nitrogens is 1. The molecule has 1 aromatic heterocycles. The molecule has 0 atom stereocenters.